The Labute approximate surface area is 197 Å². The smallest absolute Gasteiger partial charge is 0.279 e. The van der Waals surface area contributed by atoms with Gasteiger partial charge in [-0.3, -0.25) is 14.4 Å². The van der Waals surface area contributed by atoms with E-state index in [0.29, 0.717) is 23.5 Å². The fourth-order valence-electron chi connectivity index (χ4n) is 4.28. The van der Waals surface area contributed by atoms with E-state index in [1.165, 1.54) is 34.3 Å². The highest BCUT2D eigenvalue weighted by molar-refractivity contribution is 7.99. The molecule has 2 N–H and O–H groups in total. The molecule has 2 aromatic carbocycles. The molecule has 5 rings (SSSR count). The predicted molar refractivity (Wildman–Crippen MR) is 123 cm³/mol. The molecule has 2 aliphatic heterocycles. The number of aromatic nitrogens is 1. The molecule has 2 aliphatic rings. The number of hydrogen-bond acceptors (Lipinski definition) is 5. The van der Waals surface area contributed by atoms with Gasteiger partial charge in [-0.2, -0.15) is 0 Å². The molecule has 2 amide bonds. The van der Waals surface area contributed by atoms with Gasteiger partial charge in [0.25, 0.3) is 11.8 Å². The fraction of sp³-hybridized carbons (Fsp3) is 0.208. The lowest BCUT2D eigenvalue weighted by atomic mass is 10.1. The third-order valence-electron chi connectivity index (χ3n) is 5.99. The minimum Gasteiger partial charge on any atom is -0.503 e. The number of nitrogens with one attached hydrogen (secondary N) is 1. The number of thioether (sulfide) groups is 1. The lowest BCUT2D eigenvalue weighted by molar-refractivity contribution is 0.0931. The summed E-state index contributed by atoms with van der Waals surface area (Å²) < 4.78 is 29.7. The number of fused-ring (bicyclic) bond motifs is 6. The lowest BCUT2D eigenvalue weighted by Gasteiger charge is -2.34. The van der Waals surface area contributed by atoms with Gasteiger partial charge < -0.3 is 19.9 Å². The Morgan fingerprint density at radius 2 is 1.91 bits per heavy atom. The Kier molecular flexibility index (Phi) is 5.40. The summed E-state index contributed by atoms with van der Waals surface area (Å²) in [7, 11) is 0. The second kappa shape index (κ2) is 8.28. The van der Waals surface area contributed by atoms with Crippen molar-refractivity contribution in [2.75, 3.05) is 17.2 Å². The van der Waals surface area contributed by atoms with Gasteiger partial charge in [0, 0.05) is 35.5 Å². The van der Waals surface area contributed by atoms with Crippen molar-refractivity contribution in [1.82, 2.24) is 9.88 Å². The Morgan fingerprint density at radius 1 is 1.21 bits per heavy atom. The molecule has 0 aliphatic carbocycles. The van der Waals surface area contributed by atoms with Gasteiger partial charge in [-0.15, -0.1) is 11.8 Å². The monoisotopic (exact) mass is 483 g/mol. The SMILES string of the molecule is Cc1cc(F)c(CNC(=O)c2cn3c(c(O)c2=O)C(=O)N2C[C@@H]3CSc3ccccc32)c(F)c1. The summed E-state index contributed by atoms with van der Waals surface area (Å²) in [6, 6.07) is 9.34. The molecule has 34 heavy (non-hydrogen) atoms. The number of carbonyl (C=O) groups excluding carboxylic acids is 2. The van der Waals surface area contributed by atoms with Gasteiger partial charge in [0.1, 0.15) is 17.2 Å². The van der Waals surface area contributed by atoms with Crippen LogP contribution in [0.3, 0.4) is 0 Å². The van der Waals surface area contributed by atoms with Crippen molar-refractivity contribution in [2.24, 2.45) is 0 Å². The van der Waals surface area contributed by atoms with Crippen molar-refractivity contribution in [3.63, 3.8) is 0 Å². The molecule has 1 atom stereocenters. The van der Waals surface area contributed by atoms with E-state index in [9.17, 15) is 28.3 Å². The molecule has 1 aromatic heterocycles. The third kappa shape index (κ3) is 3.54. The molecule has 0 saturated carbocycles. The van der Waals surface area contributed by atoms with Crippen LogP contribution in [0.15, 0.2) is 52.3 Å². The van der Waals surface area contributed by atoms with Crippen LogP contribution in [0.5, 0.6) is 5.75 Å². The van der Waals surface area contributed by atoms with Crippen LogP contribution < -0.4 is 15.6 Å². The van der Waals surface area contributed by atoms with Crippen molar-refractivity contribution >= 4 is 29.3 Å². The molecule has 3 aromatic rings. The summed E-state index contributed by atoms with van der Waals surface area (Å²) in [4.78, 5) is 41.3. The largest absolute Gasteiger partial charge is 0.503 e. The number of aryl methyl sites for hydroxylation is 1. The topological polar surface area (TPSA) is 91.6 Å². The minimum atomic E-state index is -1.03. The maximum absolute atomic E-state index is 14.1. The van der Waals surface area contributed by atoms with Crippen molar-refractivity contribution < 1.29 is 23.5 Å². The number of benzene rings is 2. The lowest BCUT2D eigenvalue weighted by Crippen LogP contribution is -2.45. The first-order chi connectivity index (χ1) is 16.3. The van der Waals surface area contributed by atoms with Gasteiger partial charge >= 0.3 is 0 Å². The molecular formula is C24H19F2N3O4S. The number of hydrogen-bond donors (Lipinski definition) is 2. The molecule has 0 unspecified atom stereocenters. The first kappa shape index (κ1) is 22.1. The first-order valence-electron chi connectivity index (χ1n) is 10.5. The van der Waals surface area contributed by atoms with Gasteiger partial charge in [-0.05, 0) is 36.8 Å². The summed E-state index contributed by atoms with van der Waals surface area (Å²) in [6.45, 7) is 1.36. The van der Waals surface area contributed by atoms with E-state index < -0.39 is 46.7 Å². The van der Waals surface area contributed by atoms with E-state index >= 15 is 0 Å². The highest BCUT2D eigenvalue weighted by Gasteiger charge is 2.38. The van der Waals surface area contributed by atoms with Crippen molar-refractivity contribution in [3.8, 4) is 5.75 Å². The number of para-hydroxylation sites is 1. The summed E-state index contributed by atoms with van der Waals surface area (Å²) in [5, 5.41) is 13.0. The molecule has 0 radical (unpaired) electrons. The van der Waals surface area contributed by atoms with Gasteiger partial charge in [-0.25, -0.2) is 8.78 Å². The van der Waals surface area contributed by atoms with E-state index in [1.54, 1.807) is 6.07 Å². The van der Waals surface area contributed by atoms with Gasteiger partial charge in [-0.1, -0.05) is 12.1 Å². The summed E-state index contributed by atoms with van der Waals surface area (Å²) in [6.07, 6.45) is 1.24. The van der Waals surface area contributed by atoms with Crippen molar-refractivity contribution in [2.45, 2.75) is 24.4 Å². The van der Waals surface area contributed by atoms with E-state index in [1.807, 2.05) is 18.2 Å². The standard InChI is InChI=1S/C24H19F2N3O4S/c1-12-6-16(25)14(17(26)7-12)8-27-23(32)15-10-28-13-9-29(24(33)20(28)22(31)21(15)30)18-4-2-3-5-19(18)34-11-13/h2-7,10,13,31H,8-9,11H2,1H3,(H,27,32)/t13-/m1/s1. The molecule has 0 spiro atoms. The number of amides is 2. The second-order valence-electron chi connectivity index (χ2n) is 8.21. The Balaban J connectivity index is 1.50. The number of rotatable bonds is 3. The molecule has 7 nitrogen and oxygen atoms in total. The number of anilines is 1. The van der Waals surface area contributed by atoms with Crippen LogP contribution >= 0.6 is 11.8 Å². The predicted octanol–water partition coefficient (Wildman–Crippen LogP) is 3.38. The minimum absolute atomic E-state index is 0.189. The normalized spacial score (nSPS) is 16.5. The maximum atomic E-state index is 14.1. The van der Waals surface area contributed by atoms with Crippen LogP contribution in [0.2, 0.25) is 0 Å². The summed E-state index contributed by atoms with van der Waals surface area (Å²) >= 11 is 1.53. The Morgan fingerprint density at radius 3 is 2.65 bits per heavy atom. The van der Waals surface area contributed by atoms with Gasteiger partial charge in [0.05, 0.1) is 11.7 Å². The third-order valence-corrected chi connectivity index (χ3v) is 7.20. The van der Waals surface area contributed by atoms with Crippen LogP contribution in [0.4, 0.5) is 14.5 Å². The van der Waals surface area contributed by atoms with E-state index in [0.717, 1.165) is 17.0 Å². The number of nitrogens with zero attached hydrogens (tertiary/aromatic N) is 2. The van der Waals surface area contributed by atoms with Crippen LogP contribution in [-0.4, -0.2) is 33.8 Å². The molecule has 0 fully saturated rings. The highest BCUT2D eigenvalue weighted by atomic mass is 32.2. The average Bonchev–Trinajstić information content (AvgIpc) is 2.97. The molecular weight excluding hydrogens is 464 g/mol. The van der Waals surface area contributed by atoms with Crippen molar-refractivity contribution in [3.05, 3.63) is 86.8 Å². The van der Waals surface area contributed by atoms with Crippen molar-refractivity contribution in [1.29, 1.82) is 0 Å². The molecule has 2 bridgehead atoms. The Hall–Kier alpha value is -3.66. The van der Waals surface area contributed by atoms with E-state index in [4.69, 9.17) is 0 Å². The zero-order valence-electron chi connectivity index (χ0n) is 18.0. The van der Waals surface area contributed by atoms with Crippen LogP contribution in [0.1, 0.15) is 38.0 Å². The highest BCUT2D eigenvalue weighted by Crippen LogP contribution is 2.41. The quantitative estimate of drug-likeness (QED) is 0.596. The number of aromatic hydroxyl groups is 1. The molecule has 10 heteroatoms. The molecule has 174 valence electrons. The van der Waals surface area contributed by atoms with Crippen LogP contribution in [0, 0.1) is 18.6 Å². The van der Waals surface area contributed by atoms with Crippen LogP contribution in [0.25, 0.3) is 0 Å². The maximum Gasteiger partial charge on any atom is 0.279 e. The van der Waals surface area contributed by atoms with Gasteiger partial charge in [0.15, 0.2) is 11.4 Å². The van der Waals surface area contributed by atoms with Crippen LogP contribution in [-0.2, 0) is 6.54 Å². The second-order valence-corrected chi connectivity index (χ2v) is 9.28. The average molecular weight is 483 g/mol. The number of halogens is 2. The summed E-state index contributed by atoms with van der Waals surface area (Å²) in [5.74, 6) is -3.38. The zero-order chi connectivity index (χ0) is 24.1. The Bertz CT molecular complexity index is 1400. The number of carbonyl (C=O) groups is 2. The molecule has 3 heterocycles. The van der Waals surface area contributed by atoms with Gasteiger partial charge in [0.2, 0.25) is 5.43 Å². The number of pyridine rings is 1. The summed E-state index contributed by atoms with van der Waals surface area (Å²) in [5.41, 5.74) is -0.882. The first-order valence-corrected chi connectivity index (χ1v) is 11.5. The van der Waals surface area contributed by atoms with E-state index in [2.05, 4.69) is 5.32 Å². The van der Waals surface area contributed by atoms with E-state index in [-0.39, 0.29) is 17.3 Å². The fourth-order valence-corrected chi connectivity index (χ4v) is 5.42. The zero-order valence-corrected chi connectivity index (χ0v) is 18.8. The molecule has 0 saturated heterocycles.